The number of ether oxygens (including phenoxy) is 1. The van der Waals surface area contributed by atoms with Crippen molar-refractivity contribution in [1.29, 1.82) is 0 Å². The summed E-state index contributed by atoms with van der Waals surface area (Å²) in [6, 6.07) is 2.90. The summed E-state index contributed by atoms with van der Waals surface area (Å²) in [6.45, 7) is 4.77. The first-order chi connectivity index (χ1) is 7.06. The highest BCUT2D eigenvalue weighted by Crippen LogP contribution is 2.38. The van der Waals surface area contributed by atoms with Gasteiger partial charge in [0.2, 0.25) is 5.75 Å². The van der Waals surface area contributed by atoms with E-state index in [0.29, 0.717) is 12.0 Å². The molecule has 0 bridgehead atoms. The first-order valence-electron chi connectivity index (χ1n) is 4.39. The normalized spacial score (nSPS) is 9.67. The Hall–Kier alpha value is -1.97. The van der Waals surface area contributed by atoms with Crippen molar-refractivity contribution in [1.82, 2.24) is 0 Å². The van der Waals surface area contributed by atoms with Crippen LogP contribution in [-0.2, 0) is 11.2 Å². The highest BCUT2D eigenvalue weighted by atomic mass is 16.5. The Morgan fingerprint density at radius 2 is 2.20 bits per heavy atom. The van der Waals surface area contributed by atoms with Crippen LogP contribution in [0.3, 0.4) is 0 Å². The standard InChI is InChI=1S/C11H12O4/c1-3-4-8-5-6-9(13)10(14)11(8)15-7(2)12/h3,5-6,13-14H,1,4H2,2H3. The lowest BCUT2D eigenvalue weighted by molar-refractivity contribution is -0.132. The second kappa shape index (κ2) is 4.50. The smallest absolute Gasteiger partial charge is 0.308 e. The number of phenolic OH excluding ortho intramolecular Hbond substituents is 2. The van der Waals surface area contributed by atoms with Crippen LogP contribution in [0.4, 0.5) is 0 Å². The van der Waals surface area contributed by atoms with Crippen molar-refractivity contribution in [3.05, 3.63) is 30.4 Å². The van der Waals surface area contributed by atoms with Crippen LogP contribution in [0.2, 0.25) is 0 Å². The fraction of sp³-hybridized carbons (Fsp3) is 0.182. The van der Waals surface area contributed by atoms with Crippen molar-refractivity contribution in [2.75, 3.05) is 0 Å². The van der Waals surface area contributed by atoms with Crippen molar-refractivity contribution in [3.8, 4) is 17.2 Å². The van der Waals surface area contributed by atoms with Gasteiger partial charge in [0.25, 0.3) is 0 Å². The first-order valence-corrected chi connectivity index (χ1v) is 4.39. The number of allylic oxidation sites excluding steroid dienone is 1. The van der Waals surface area contributed by atoms with Crippen LogP contribution in [0.1, 0.15) is 12.5 Å². The minimum atomic E-state index is -0.554. The summed E-state index contributed by atoms with van der Waals surface area (Å²) in [5.41, 5.74) is 0.593. The molecule has 15 heavy (non-hydrogen) atoms. The SMILES string of the molecule is C=CCc1ccc(O)c(O)c1OC(C)=O. The van der Waals surface area contributed by atoms with Gasteiger partial charge < -0.3 is 14.9 Å². The third-order valence-electron chi connectivity index (χ3n) is 1.80. The van der Waals surface area contributed by atoms with Gasteiger partial charge in [-0.3, -0.25) is 4.79 Å². The molecular weight excluding hydrogens is 196 g/mol. The molecule has 4 heteroatoms. The number of benzene rings is 1. The topological polar surface area (TPSA) is 66.8 Å². The molecule has 0 spiro atoms. The van der Waals surface area contributed by atoms with Crippen molar-refractivity contribution in [3.63, 3.8) is 0 Å². The summed E-state index contributed by atoms with van der Waals surface area (Å²) in [5.74, 6) is -1.31. The zero-order chi connectivity index (χ0) is 11.4. The first kappa shape index (κ1) is 11.1. The Morgan fingerprint density at radius 3 is 2.73 bits per heavy atom. The predicted octanol–water partition coefficient (Wildman–Crippen LogP) is 1.75. The molecule has 0 heterocycles. The monoisotopic (exact) mass is 208 g/mol. The van der Waals surface area contributed by atoms with Crippen molar-refractivity contribution in [2.24, 2.45) is 0 Å². The van der Waals surface area contributed by atoms with Gasteiger partial charge >= 0.3 is 5.97 Å². The maximum absolute atomic E-state index is 10.8. The van der Waals surface area contributed by atoms with E-state index in [1.54, 1.807) is 12.1 Å². The van der Waals surface area contributed by atoms with Crippen molar-refractivity contribution in [2.45, 2.75) is 13.3 Å². The van der Waals surface area contributed by atoms with Crippen LogP contribution in [0.15, 0.2) is 24.8 Å². The van der Waals surface area contributed by atoms with Gasteiger partial charge in [-0.25, -0.2) is 0 Å². The average Bonchev–Trinajstić information content (AvgIpc) is 2.17. The second-order valence-electron chi connectivity index (χ2n) is 3.01. The summed E-state index contributed by atoms with van der Waals surface area (Å²) >= 11 is 0. The zero-order valence-electron chi connectivity index (χ0n) is 8.36. The molecule has 0 amide bonds. The van der Waals surface area contributed by atoms with Crippen LogP contribution in [-0.4, -0.2) is 16.2 Å². The quantitative estimate of drug-likeness (QED) is 0.344. The Labute approximate surface area is 87.4 Å². The molecule has 0 aliphatic carbocycles. The van der Waals surface area contributed by atoms with Gasteiger partial charge in [-0.2, -0.15) is 0 Å². The maximum Gasteiger partial charge on any atom is 0.308 e. The number of phenols is 2. The van der Waals surface area contributed by atoms with E-state index in [0.717, 1.165) is 0 Å². The molecule has 2 N–H and O–H groups in total. The van der Waals surface area contributed by atoms with Crippen LogP contribution in [0.5, 0.6) is 17.2 Å². The van der Waals surface area contributed by atoms with Crippen LogP contribution in [0, 0.1) is 0 Å². The maximum atomic E-state index is 10.8. The Balaban J connectivity index is 3.21. The van der Waals surface area contributed by atoms with E-state index >= 15 is 0 Å². The molecule has 0 aromatic heterocycles. The molecule has 4 nitrogen and oxygen atoms in total. The zero-order valence-corrected chi connectivity index (χ0v) is 8.36. The third-order valence-corrected chi connectivity index (χ3v) is 1.80. The molecule has 0 unspecified atom stereocenters. The van der Waals surface area contributed by atoms with Gasteiger partial charge in [-0.1, -0.05) is 12.1 Å². The summed E-state index contributed by atoms with van der Waals surface area (Å²) < 4.78 is 4.81. The summed E-state index contributed by atoms with van der Waals surface area (Å²) in [7, 11) is 0. The molecule has 0 aliphatic heterocycles. The van der Waals surface area contributed by atoms with Gasteiger partial charge in [0.15, 0.2) is 11.5 Å². The predicted molar refractivity (Wildman–Crippen MR) is 55.0 cm³/mol. The number of carbonyl (C=O) groups is 1. The highest BCUT2D eigenvalue weighted by molar-refractivity contribution is 5.72. The third kappa shape index (κ3) is 2.49. The van der Waals surface area contributed by atoms with E-state index in [4.69, 9.17) is 4.74 Å². The number of hydrogen-bond acceptors (Lipinski definition) is 4. The van der Waals surface area contributed by atoms with E-state index in [1.807, 2.05) is 0 Å². The Kier molecular flexibility index (Phi) is 3.33. The minimum absolute atomic E-state index is 0.0117. The second-order valence-corrected chi connectivity index (χ2v) is 3.01. The molecular formula is C11H12O4. The molecule has 0 saturated heterocycles. The number of esters is 1. The van der Waals surface area contributed by atoms with Gasteiger partial charge in [-0.05, 0) is 12.5 Å². The lowest BCUT2D eigenvalue weighted by atomic mass is 10.1. The van der Waals surface area contributed by atoms with Crippen LogP contribution >= 0.6 is 0 Å². The molecule has 80 valence electrons. The van der Waals surface area contributed by atoms with Crippen LogP contribution in [0.25, 0.3) is 0 Å². The number of aromatic hydroxyl groups is 2. The molecule has 0 aliphatic rings. The highest BCUT2D eigenvalue weighted by Gasteiger charge is 2.14. The Morgan fingerprint density at radius 1 is 1.53 bits per heavy atom. The van der Waals surface area contributed by atoms with E-state index in [2.05, 4.69) is 6.58 Å². The van der Waals surface area contributed by atoms with E-state index in [1.165, 1.54) is 13.0 Å². The lowest BCUT2D eigenvalue weighted by Gasteiger charge is -2.10. The largest absolute Gasteiger partial charge is 0.504 e. The average molecular weight is 208 g/mol. The molecule has 0 fully saturated rings. The van der Waals surface area contributed by atoms with Gasteiger partial charge in [0.05, 0.1) is 0 Å². The van der Waals surface area contributed by atoms with E-state index in [-0.39, 0.29) is 11.5 Å². The molecule has 1 aromatic carbocycles. The number of rotatable bonds is 3. The fourth-order valence-electron chi connectivity index (χ4n) is 1.18. The summed E-state index contributed by atoms with van der Waals surface area (Å²) in [5, 5.41) is 18.7. The van der Waals surface area contributed by atoms with Gasteiger partial charge in [0.1, 0.15) is 0 Å². The Bertz CT molecular complexity index is 396. The molecule has 0 atom stereocenters. The molecule has 0 radical (unpaired) electrons. The number of carbonyl (C=O) groups excluding carboxylic acids is 1. The van der Waals surface area contributed by atoms with Crippen LogP contribution < -0.4 is 4.74 Å². The molecule has 1 aromatic rings. The minimum Gasteiger partial charge on any atom is -0.504 e. The van der Waals surface area contributed by atoms with E-state index in [9.17, 15) is 15.0 Å². The van der Waals surface area contributed by atoms with Gasteiger partial charge in [0, 0.05) is 12.5 Å². The van der Waals surface area contributed by atoms with Gasteiger partial charge in [-0.15, -0.1) is 6.58 Å². The van der Waals surface area contributed by atoms with Crippen molar-refractivity contribution < 1.29 is 19.7 Å². The summed E-state index contributed by atoms with van der Waals surface area (Å²) in [6.07, 6.45) is 2.05. The lowest BCUT2D eigenvalue weighted by Crippen LogP contribution is -2.04. The summed E-state index contributed by atoms with van der Waals surface area (Å²) in [4.78, 5) is 10.8. The van der Waals surface area contributed by atoms with E-state index < -0.39 is 11.7 Å². The number of hydrogen-bond donors (Lipinski definition) is 2. The fourth-order valence-corrected chi connectivity index (χ4v) is 1.18. The van der Waals surface area contributed by atoms with Crippen molar-refractivity contribution >= 4 is 5.97 Å². The molecule has 1 rings (SSSR count). The molecule has 0 saturated carbocycles.